The molecule has 0 aliphatic heterocycles. The number of rotatable bonds is 8. The lowest BCUT2D eigenvalue weighted by molar-refractivity contribution is 0.102. The molecule has 1 amide bonds. The summed E-state index contributed by atoms with van der Waals surface area (Å²) in [5.41, 5.74) is 4.34. The van der Waals surface area contributed by atoms with Crippen LogP contribution in [0.2, 0.25) is 0 Å². The molecular weight excluding hydrogens is 302 g/mol. The van der Waals surface area contributed by atoms with Crippen molar-refractivity contribution in [3.05, 3.63) is 53.3 Å². The minimum absolute atomic E-state index is 0.195. The van der Waals surface area contributed by atoms with Crippen molar-refractivity contribution in [2.75, 3.05) is 30.9 Å². The fraction of sp³-hybridized carbons (Fsp3) is 0.368. The zero-order chi connectivity index (χ0) is 17.4. The summed E-state index contributed by atoms with van der Waals surface area (Å²) in [6.45, 7) is 5.57. The van der Waals surface area contributed by atoms with E-state index in [9.17, 15) is 4.79 Å². The highest BCUT2D eigenvalue weighted by atomic mass is 16.5. The molecule has 5 nitrogen and oxygen atoms in total. The lowest BCUT2D eigenvalue weighted by Crippen LogP contribution is -2.16. The van der Waals surface area contributed by atoms with Gasteiger partial charge >= 0.3 is 0 Å². The standard InChI is InChI=1S/C19H25N3O2/c1-4-15-8-5-7-14(2)18(15)22-19(23)17-13-16(9-11-21-17)20-10-6-12-24-3/h5,7-9,11,13H,4,6,10,12H2,1-3H3,(H,20,21)(H,22,23). The van der Waals surface area contributed by atoms with Crippen molar-refractivity contribution < 1.29 is 9.53 Å². The zero-order valence-corrected chi connectivity index (χ0v) is 14.6. The van der Waals surface area contributed by atoms with Gasteiger partial charge in [-0.1, -0.05) is 25.1 Å². The largest absolute Gasteiger partial charge is 0.385 e. The number of methoxy groups -OCH3 is 1. The Kier molecular flexibility index (Phi) is 6.75. The van der Waals surface area contributed by atoms with Crippen molar-refractivity contribution in [1.82, 2.24) is 4.98 Å². The molecule has 0 fully saturated rings. The van der Waals surface area contributed by atoms with Gasteiger partial charge in [-0.05, 0) is 43.0 Å². The third-order valence-corrected chi connectivity index (χ3v) is 3.83. The van der Waals surface area contributed by atoms with Gasteiger partial charge < -0.3 is 15.4 Å². The van der Waals surface area contributed by atoms with Crippen molar-refractivity contribution in [2.24, 2.45) is 0 Å². The normalized spacial score (nSPS) is 10.5. The Morgan fingerprint density at radius 2 is 2.12 bits per heavy atom. The molecule has 0 radical (unpaired) electrons. The second-order valence-electron chi connectivity index (χ2n) is 5.62. The van der Waals surface area contributed by atoms with Gasteiger partial charge in [-0.25, -0.2) is 0 Å². The highest BCUT2D eigenvalue weighted by Crippen LogP contribution is 2.22. The molecule has 0 bridgehead atoms. The first kappa shape index (κ1) is 17.9. The first-order valence-electron chi connectivity index (χ1n) is 8.24. The molecule has 2 rings (SSSR count). The lowest BCUT2D eigenvalue weighted by Gasteiger charge is -2.13. The van der Waals surface area contributed by atoms with Crippen molar-refractivity contribution in [3.8, 4) is 0 Å². The summed E-state index contributed by atoms with van der Waals surface area (Å²) in [7, 11) is 1.69. The van der Waals surface area contributed by atoms with Crippen LogP contribution in [-0.4, -0.2) is 31.2 Å². The summed E-state index contributed by atoms with van der Waals surface area (Å²) in [4.78, 5) is 16.7. The van der Waals surface area contributed by atoms with Gasteiger partial charge in [-0.3, -0.25) is 9.78 Å². The Labute approximate surface area is 143 Å². The molecule has 24 heavy (non-hydrogen) atoms. The number of hydrogen-bond donors (Lipinski definition) is 2. The van der Waals surface area contributed by atoms with Crippen molar-refractivity contribution >= 4 is 17.3 Å². The van der Waals surface area contributed by atoms with Crippen LogP contribution in [0.1, 0.15) is 35.0 Å². The number of pyridine rings is 1. The van der Waals surface area contributed by atoms with Gasteiger partial charge in [0, 0.05) is 37.8 Å². The molecule has 128 valence electrons. The maximum Gasteiger partial charge on any atom is 0.274 e. The van der Waals surface area contributed by atoms with Crippen LogP contribution >= 0.6 is 0 Å². The van der Waals surface area contributed by atoms with Crippen molar-refractivity contribution in [2.45, 2.75) is 26.7 Å². The number of anilines is 2. The molecule has 0 spiro atoms. The number of para-hydroxylation sites is 1. The molecule has 5 heteroatoms. The van der Waals surface area contributed by atoms with E-state index in [1.807, 2.05) is 31.2 Å². The highest BCUT2D eigenvalue weighted by Gasteiger charge is 2.12. The Morgan fingerprint density at radius 1 is 1.29 bits per heavy atom. The summed E-state index contributed by atoms with van der Waals surface area (Å²) < 4.78 is 5.02. The Morgan fingerprint density at radius 3 is 2.88 bits per heavy atom. The fourth-order valence-electron chi connectivity index (χ4n) is 2.49. The van der Waals surface area contributed by atoms with Crippen LogP contribution < -0.4 is 10.6 Å². The summed E-state index contributed by atoms with van der Waals surface area (Å²) in [6, 6.07) is 9.66. The topological polar surface area (TPSA) is 63.2 Å². The van der Waals surface area contributed by atoms with Gasteiger partial charge in [0.2, 0.25) is 0 Å². The van der Waals surface area contributed by atoms with Crippen LogP contribution in [0.4, 0.5) is 11.4 Å². The smallest absolute Gasteiger partial charge is 0.274 e. The third-order valence-electron chi connectivity index (χ3n) is 3.83. The van der Waals surface area contributed by atoms with Gasteiger partial charge in [-0.2, -0.15) is 0 Å². The number of nitrogens with one attached hydrogen (secondary N) is 2. The number of amides is 1. The maximum absolute atomic E-state index is 12.5. The number of ether oxygens (including phenoxy) is 1. The molecular formula is C19H25N3O2. The van der Waals surface area contributed by atoms with Crippen LogP contribution in [0.25, 0.3) is 0 Å². The molecule has 0 aliphatic rings. The van der Waals surface area contributed by atoms with E-state index >= 15 is 0 Å². The minimum Gasteiger partial charge on any atom is -0.385 e. The Bertz CT molecular complexity index is 686. The van der Waals surface area contributed by atoms with E-state index in [-0.39, 0.29) is 5.91 Å². The van der Waals surface area contributed by atoms with E-state index in [0.717, 1.165) is 41.9 Å². The van der Waals surface area contributed by atoms with E-state index in [1.54, 1.807) is 19.4 Å². The summed E-state index contributed by atoms with van der Waals surface area (Å²) in [6.07, 6.45) is 3.42. The molecule has 0 atom stereocenters. The molecule has 0 saturated carbocycles. The second kappa shape index (κ2) is 9.03. The van der Waals surface area contributed by atoms with Crippen molar-refractivity contribution in [3.63, 3.8) is 0 Å². The Balaban J connectivity index is 2.08. The number of nitrogens with zero attached hydrogens (tertiary/aromatic N) is 1. The first-order chi connectivity index (χ1) is 11.7. The van der Waals surface area contributed by atoms with E-state index in [2.05, 4.69) is 22.5 Å². The number of carbonyl (C=O) groups is 1. The van der Waals surface area contributed by atoms with E-state index in [1.165, 1.54) is 0 Å². The van der Waals surface area contributed by atoms with Crippen LogP contribution in [0.15, 0.2) is 36.5 Å². The lowest BCUT2D eigenvalue weighted by atomic mass is 10.1. The second-order valence-corrected chi connectivity index (χ2v) is 5.62. The quantitative estimate of drug-likeness (QED) is 0.726. The van der Waals surface area contributed by atoms with Gasteiger partial charge in [0.25, 0.3) is 5.91 Å². The monoisotopic (exact) mass is 327 g/mol. The number of hydrogen-bond acceptors (Lipinski definition) is 4. The van der Waals surface area contributed by atoms with Crippen LogP contribution in [0.5, 0.6) is 0 Å². The maximum atomic E-state index is 12.5. The molecule has 2 aromatic rings. The number of aromatic nitrogens is 1. The third kappa shape index (κ3) is 4.80. The Hall–Kier alpha value is -2.40. The fourth-order valence-corrected chi connectivity index (χ4v) is 2.49. The molecule has 0 saturated heterocycles. The predicted octanol–water partition coefficient (Wildman–Crippen LogP) is 3.65. The van der Waals surface area contributed by atoms with Gasteiger partial charge in [0.1, 0.15) is 5.69 Å². The van der Waals surface area contributed by atoms with E-state index < -0.39 is 0 Å². The van der Waals surface area contributed by atoms with Gasteiger partial charge in [0.15, 0.2) is 0 Å². The van der Waals surface area contributed by atoms with Gasteiger partial charge in [0.05, 0.1) is 0 Å². The summed E-state index contributed by atoms with van der Waals surface area (Å²) in [5, 5.41) is 6.27. The van der Waals surface area contributed by atoms with Gasteiger partial charge in [-0.15, -0.1) is 0 Å². The van der Waals surface area contributed by atoms with Crippen LogP contribution in [0.3, 0.4) is 0 Å². The minimum atomic E-state index is -0.195. The van der Waals surface area contributed by atoms with E-state index in [0.29, 0.717) is 12.3 Å². The number of carbonyl (C=O) groups excluding carboxylic acids is 1. The molecule has 0 unspecified atom stereocenters. The molecule has 2 N–H and O–H groups in total. The SMILES string of the molecule is CCc1cccc(C)c1NC(=O)c1cc(NCCCOC)ccn1. The summed E-state index contributed by atoms with van der Waals surface area (Å²) >= 11 is 0. The number of aryl methyl sites for hydroxylation is 2. The van der Waals surface area contributed by atoms with E-state index in [4.69, 9.17) is 4.74 Å². The number of benzene rings is 1. The van der Waals surface area contributed by atoms with Crippen LogP contribution in [0, 0.1) is 6.92 Å². The molecule has 1 aromatic heterocycles. The zero-order valence-electron chi connectivity index (χ0n) is 14.6. The first-order valence-corrected chi connectivity index (χ1v) is 8.24. The predicted molar refractivity (Wildman–Crippen MR) is 97.7 cm³/mol. The summed E-state index contributed by atoms with van der Waals surface area (Å²) in [5.74, 6) is -0.195. The average Bonchev–Trinajstić information content (AvgIpc) is 2.60. The molecule has 1 aromatic carbocycles. The van der Waals surface area contributed by atoms with Crippen molar-refractivity contribution in [1.29, 1.82) is 0 Å². The average molecular weight is 327 g/mol. The molecule has 0 aliphatic carbocycles. The molecule has 1 heterocycles. The highest BCUT2D eigenvalue weighted by molar-refractivity contribution is 6.04. The van der Waals surface area contributed by atoms with Crippen LogP contribution in [-0.2, 0) is 11.2 Å².